The molecule has 0 saturated carbocycles. The SMILES string of the molecule is CC(C)(Sc1ccc2c(/C=C\c3ccccc3)ccnc2c1)c1ccccc1. The highest BCUT2D eigenvalue weighted by Gasteiger charge is 2.22. The van der Waals surface area contributed by atoms with Crippen molar-refractivity contribution in [3.8, 4) is 0 Å². The molecule has 4 rings (SSSR count). The van der Waals surface area contributed by atoms with Gasteiger partial charge in [0, 0.05) is 21.2 Å². The number of thioether (sulfide) groups is 1. The van der Waals surface area contributed by atoms with Crippen molar-refractivity contribution in [1.82, 2.24) is 4.98 Å². The second kappa shape index (κ2) is 8.04. The topological polar surface area (TPSA) is 12.9 Å². The summed E-state index contributed by atoms with van der Waals surface area (Å²) in [7, 11) is 0. The molecule has 0 unspecified atom stereocenters. The summed E-state index contributed by atoms with van der Waals surface area (Å²) in [6.07, 6.45) is 6.21. The van der Waals surface area contributed by atoms with Gasteiger partial charge in [0.25, 0.3) is 0 Å². The minimum Gasteiger partial charge on any atom is -0.256 e. The predicted octanol–water partition coefficient (Wildman–Crippen LogP) is 7.43. The number of nitrogens with zero attached hydrogens (tertiary/aromatic N) is 1. The minimum atomic E-state index is -0.000239. The van der Waals surface area contributed by atoms with Gasteiger partial charge in [-0.1, -0.05) is 78.9 Å². The zero-order chi connectivity index (χ0) is 19.4. The summed E-state index contributed by atoms with van der Waals surface area (Å²) in [6, 6.07) is 29.7. The van der Waals surface area contributed by atoms with Crippen molar-refractivity contribution in [2.24, 2.45) is 0 Å². The smallest absolute Gasteiger partial charge is 0.0719 e. The Labute approximate surface area is 171 Å². The molecule has 0 aliphatic carbocycles. The van der Waals surface area contributed by atoms with E-state index in [1.54, 1.807) is 0 Å². The summed E-state index contributed by atoms with van der Waals surface area (Å²) in [5, 5.41) is 1.18. The largest absolute Gasteiger partial charge is 0.256 e. The average Bonchev–Trinajstić information content (AvgIpc) is 2.73. The van der Waals surface area contributed by atoms with Gasteiger partial charge in [0.1, 0.15) is 0 Å². The average molecular weight is 382 g/mol. The lowest BCUT2D eigenvalue weighted by Crippen LogP contribution is -2.11. The fourth-order valence-electron chi connectivity index (χ4n) is 3.30. The molecule has 0 amide bonds. The molecular formula is C26H23NS. The van der Waals surface area contributed by atoms with Gasteiger partial charge in [-0.25, -0.2) is 0 Å². The molecular weight excluding hydrogens is 358 g/mol. The molecule has 1 heterocycles. The van der Waals surface area contributed by atoms with Gasteiger partial charge in [0.2, 0.25) is 0 Å². The van der Waals surface area contributed by atoms with Crippen LogP contribution in [0.15, 0.2) is 96.0 Å². The van der Waals surface area contributed by atoms with E-state index in [9.17, 15) is 0 Å². The van der Waals surface area contributed by atoms with E-state index in [2.05, 4.69) is 110 Å². The number of hydrogen-bond acceptors (Lipinski definition) is 2. The van der Waals surface area contributed by atoms with Gasteiger partial charge in [0.15, 0.2) is 0 Å². The predicted molar refractivity (Wildman–Crippen MR) is 122 cm³/mol. The van der Waals surface area contributed by atoms with Crippen LogP contribution < -0.4 is 0 Å². The molecule has 0 saturated heterocycles. The van der Waals surface area contributed by atoms with E-state index in [-0.39, 0.29) is 4.75 Å². The lowest BCUT2D eigenvalue weighted by Gasteiger charge is -2.24. The van der Waals surface area contributed by atoms with Crippen LogP contribution in [-0.4, -0.2) is 4.98 Å². The maximum Gasteiger partial charge on any atom is 0.0719 e. The number of pyridine rings is 1. The first-order valence-electron chi connectivity index (χ1n) is 9.48. The zero-order valence-electron chi connectivity index (χ0n) is 16.2. The van der Waals surface area contributed by atoms with Crippen molar-refractivity contribution in [3.63, 3.8) is 0 Å². The van der Waals surface area contributed by atoms with Crippen molar-refractivity contribution >= 4 is 34.8 Å². The van der Waals surface area contributed by atoms with Crippen molar-refractivity contribution < 1.29 is 0 Å². The number of fused-ring (bicyclic) bond motifs is 1. The van der Waals surface area contributed by atoms with Crippen LogP contribution in [0.3, 0.4) is 0 Å². The summed E-state index contributed by atoms with van der Waals surface area (Å²) in [6.45, 7) is 4.54. The summed E-state index contributed by atoms with van der Waals surface area (Å²) < 4.78 is -0.000239. The molecule has 0 aliphatic heterocycles. The lowest BCUT2D eigenvalue weighted by atomic mass is 10.0. The Bertz CT molecular complexity index is 1100. The Morgan fingerprint density at radius 1 is 0.786 bits per heavy atom. The molecule has 0 fully saturated rings. The van der Waals surface area contributed by atoms with Crippen LogP contribution >= 0.6 is 11.8 Å². The van der Waals surface area contributed by atoms with Crippen molar-refractivity contribution in [2.45, 2.75) is 23.5 Å². The number of rotatable bonds is 5. The Morgan fingerprint density at radius 2 is 1.50 bits per heavy atom. The number of benzene rings is 3. The van der Waals surface area contributed by atoms with Crippen LogP contribution in [-0.2, 0) is 4.75 Å². The highest BCUT2D eigenvalue weighted by molar-refractivity contribution is 8.00. The van der Waals surface area contributed by atoms with Gasteiger partial charge in [-0.15, -0.1) is 11.8 Å². The molecule has 1 aromatic heterocycles. The van der Waals surface area contributed by atoms with Crippen LogP contribution in [0.1, 0.15) is 30.5 Å². The Hall–Kier alpha value is -2.84. The molecule has 0 N–H and O–H groups in total. The quantitative estimate of drug-likeness (QED) is 0.333. The van der Waals surface area contributed by atoms with Crippen LogP contribution in [0.5, 0.6) is 0 Å². The number of aromatic nitrogens is 1. The first-order valence-corrected chi connectivity index (χ1v) is 10.3. The third-order valence-electron chi connectivity index (χ3n) is 4.84. The van der Waals surface area contributed by atoms with E-state index < -0.39 is 0 Å². The molecule has 0 aliphatic rings. The summed E-state index contributed by atoms with van der Waals surface area (Å²) in [5.41, 5.74) is 4.74. The van der Waals surface area contributed by atoms with Gasteiger partial charge in [0.05, 0.1) is 5.52 Å². The minimum absolute atomic E-state index is 0.000239. The Balaban J connectivity index is 1.63. The van der Waals surface area contributed by atoms with Gasteiger partial charge < -0.3 is 0 Å². The van der Waals surface area contributed by atoms with Crippen LogP contribution in [0.25, 0.3) is 23.1 Å². The summed E-state index contributed by atoms with van der Waals surface area (Å²) >= 11 is 1.87. The molecule has 4 aromatic rings. The molecule has 2 heteroatoms. The van der Waals surface area contributed by atoms with Crippen LogP contribution in [0.4, 0.5) is 0 Å². The van der Waals surface area contributed by atoms with Crippen molar-refractivity contribution in [3.05, 3.63) is 108 Å². The fourth-order valence-corrected chi connectivity index (χ4v) is 4.45. The van der Waals surface area contributed by atoms with Crippen molar-refractivity contribution in [2.75, 3.05) is 0 Å². The zero-order valence-corrected chi connectivity index (χ0v) is 17.0. The molecule has 0 atom stereocenters. The van der Waals surface area contributed by atoms with Gasteiger partial charge >= 0.3 is 0 Å². The molecule has 138 valence electrons. The second-order valence-corrected chi connectivity index (χ2v) is 9.00. The van der Waals surface area contributed by atoms with E-state index >= 15 is 0 Å². The third-order valence-corrected chi connectivity index (χ3v) is 6.08. The van der Waals surface area contributed by atoms with E-state index in [1.165, 1.54) is 27.0 Å². The normalized spacial score (nSPS) is 11.9. The van der Waals surface area contributed by atoms with Crippen molar-refractivity contribution in [1.29, 1.82) is 0 Å². The monoisotopic (exact) mass is 381 g/mol. The van der Waals surface area contributed by atoms with E-state index in [4.69, 9.17) is 0 Å². The highest BCUT2D eigenvalue weighted by Crippen LogP contribution is 2.41. The van der Waals surface area contributed by atoms with Gasteiger partial charge in [-0.2, -0.15) is 0 Å². The molecule has 0 radical (unpaired) electrons. The maximum atomic E-state index is 4.61. The molecule has 1 nitrogen and oxygen atoms in total. The molecule has 0 spiro atoms. The standard InChI is InChI=1S/C26H23NS/c1-26(2,22-11-7-4-8-12-22)28-23-15-16-24-21(17-18-27-25(24)19-23)14-13-20-9-5-3-6-10-20/h3-19H,1-2H3/b14-13-. The first kappa shape index (κ1) is 18.5. The van der Waals surface area contributed by atoms with Gasteiger partial charge in [-0.05, 0) is 48.7 Å². The second-order valence-electron chi connectivity index (χ2n) is 7.30. The van der Waals surface area contributed by atoms with Crippen LogP contribution in [0.2, 0.25) is 0 Å². The van der Waals surface area contributed by atoms with E-state index in [0.29, 0.717) is 0 Å². The molecule has 3 aromatic carbocycles. The van der Waals surface area contributed by atoms with E-state index in [0.717, 1.165) is 5.52 Å². The van der Waals surface area contributed by atoms with E-state index in [1.807, 2.05) is 24.0 Å². The highest BCUT2D eigenvalue weighted by atomic mass is 32.2. The summed E-state index contributed by atoms with van der Waals surface area (Å²) in [4.78, 5) is 5.85. The molecule has 28 heavy (non-hydrogen) atoms. The molecule has 0 bridgehead atoms. The Morgan fingerprint density at radius 3 is 2.25 bits per heavy atom. The Kier molecular flexibility index (Phi) is 5.31. The summed E-state index contributed by atoms with van der Waals surface area (Å²) in [5.74, 6) is 0. The fraction of sp³-hybridized carbons (Fsp3) is 0.115. The number of hydrogen-bond donors (Lipinski definition) is 0. The maximum absolute atomic E-state index is 4.61. The third kappa shape index (κ3) is 4.18. The van der Waals surface area contributed by atoms with Gasteiger partial charge in [-0.3, -0.25) is 4.98 Å². The van der Waals surface area contributed by atoms with Crippen LogP contribution in [0, 0.1) is 0 Å². The lowest BCUT2D eigenvalue weighted by molar-refractivity contribution is 0.782. The first-order chi connectivity index (χ1) is 13.6.